The van der Waals surface area contributed by atoms with Crippen molar-refractivity contribution in [2.45, 2.75) is 45.6 Å². The second-order valence-electron chi connectivity index (χ2n) is 4.69. The van der Waals surface area contributed by atoms with Crippen molar-refractivity contribution in [3.05, 3.63) is 0 Å². The molecular weight excluding hydrogens is 220 g/mol. The van der Waals surface area contributed by atoms with E-state index in [2.05, 4.69) is 36.8 Å². The van der Waals surface area contributed by atoms with E-state index in [-0.39, 0.29) is 6.10 Å². The number of aliphatic imine (C=N–C) groups is 1. The molecule has 1 heterocycles. The Morgan fingerprint density at radius 2 is 2.19 bits per heavy atom. The first-order valence-corrected chi connectivity index (χ1v) is 6.91. The third-order valence-corrected chi connectivity index (χ3v) is 2.92. The number of nitrogens with zero attached hydrogens (tertiary/aromatic N) is 1. The number of hydrogen-bond acceptors (Lipinski definition) is 4. The minimum Gasteiger partial charge on any atom is -0.462 e. The van der Waals surface area contributed by atoms with Gasteiger partial charge in [-0.2, -0.15) is 12.6 Å². The van der Waals surface area contributed by atoms with Gasteiger partial charge >= 0.3 is 0 Å². The van der Waals surface area contributed by atoms with Crippen LogP contribution in [-0.2, 0) is 4.74 Å². The van der Waals surface area contributed by atoms with Crippen LogP contribution in [0, 0.1) is 5.92 Å². The first kappa shape index (κ1) is 13.7. The van der Waals surface area contributed by atoms with E-state index < -0.39 is 0 Å². The molecule has 16 heavy (non-hydrogen) atoms. The lowest BCUT2D eigenvalue weighted by Crippen LogP contribution is -2.35. The summed E-state index contributed by atoms with van der Waals surface area (Å²) in [6, 6.07) is 0.738. The molecule has 94 valence electrons. The molecule has 1 aliphatic rings. The zero-order valence-corrected chi connectivity index (χ0v) is 11.3. The highest BCUT2D eigenvalue weighted by Crippen LogP contribution is 2.13. The minimum atomic E-state index is 0.268. The summed E-state index contributed by atoms with van der Waals surface area (Å²) in [5.74, 6) is 1.60. The fraction of sp³-hybridized carbons (Fsp3) is 0.917. The van der Waals surface area contributed by atoms with Gasteiger partial charge in [0.2, 0.25) is 0 Å². The Hall–Kier alpha value is -0.380. The van der Waals surface area contributed by atoms with Crippen molar-refractivity contribution in [1.82, 2.24) is 5.32 Å². The van der Waals surface area contributed by atoms with Crippen LogP contribution in [0.4, 0.5) is 0 Å². The quantitative estimate of drug-likeness (QED) is 0.704. The molecule has 0 spiro atoms. The zero-order chi connectivity index (χ0) is 11.8. The Bertz CT molecular complexity index is 219. The molecule has 4 heteroatoms. The van der Waals surface area contributed by atoms with E-state index in [0.29, 0.717) is 0 Å². The fourth-order valence-corrected chi connectivity index (χ4v) is 1.96. The van der Waals surface area contributed by atoms with E-state index in [1.807, 2.05) is 0 Å². The zero-order valence-electron chi connectivity index (χ0n) is 10.4. The van der Waals surface area contributed by atoms with Crippen LogP contribution in [0.2, 0.25) is 0 Å². The number of ether oxygens (including phenoxy) is 1. The molecule has 0 bridgehead atoms. The topological polar surface area (TPSA) is 33.6 Å². The van der Waals surface area contributed by atoms with Crippen LogP contribution in [0.1, 0.15) is 39.5 Å². The van der Waals surface area contributed by atoms with Crippen molar-refractivity contribution >= 4 is 18.7 Å². The molecule has 0 radical (unpaired) electrons. The Balaban J connectivity index is 2.33. The average Bonchev–Trinajstić information content (AvgIpc) is 2.27. The average molecular weight is 244 g/mol. The second-order valence-corrected chi connectivity index (χ2v) is 5.14. The van der Waals surface area contributed by atoms with E-state index in [4.69, 9.17) is 4.74 Å². The normalized spacial score (nSPS) is 17.9. The number of rotatable bonds is 6. The van der Waals surface area contributed by atoms with Gasteiger partial charge in [-0.15, -0.1) is 0 Å². The van der Waals surface area contributed by atoms with Gasteiger partial charge in [0.15, 0.2) is 0 Å². The van der Waals surface area contributed by atoms with E-state index >= 15 is 0 Å². The van der Waals surface area contributed by atoms with Crippen LogP contribution in [0.3, 0.4) is 0 Å². The highest BCUT2D eigenvalue weighted by Gasteiger charge is 2.14. The second kappa shape index (κ2) is 7.82. The minimum absolute atomic E-state index is 0.268. The van der Waals surface area contributed by atoms with Gasteiger partial charge in [-0.3, -0.25) is 0 Å². The molecule has 1 rings (SSSR count). The van der Waals surface area contributed by atoms with Gasteiger partial charge in [-0.1, -0.05) is 13.8 Å². The van der Waals surface area contributed by atoms with E-state index in [1.165, 1.54) is 6.42 Å². The summed E-state index contributed by atoms with van der Waals surface area (Å²) in [4.78, 5) is 4.34. The van der Waals surface area contributed by atoms with Gasteiger partial charge in [0.1, 0.15) is 6.10 Å². The Morgan fingerprint density at radius 1 is 1.38 bits per heavy atom. The van der Waals surface area contributed by atoms with E-state index in [1.54, 1.807) is 0 Å². The molecule has 1 unspecified atom stereocenters. The van der Waals surface area contributed by atoms with Crippen LogP contribution in [0.5, 0.6) is 0 Å². The predicted molar refractivity (Wildman–Crippen MR) is 72.3 cm³/mol. The predicted octanol–water partition coefficient (Wildman–Crippen LogP) is 2.48. The lowest BCUT2D eigenvalue weighted by Gasteiger charge is -2.22. The lowest BCUT2D eigenvalue weighted by molar-refractivity contribution is 0.156. The summed E-state index contributed by atoms with van der Waals surface area (Å²) in [6.45, 7) is 6.36. The SMILES string of the molecule is CC(C)CCC(CCS)OC1=NCCCN1. The van der Waals surface area contributed by atoms with E-state index in [9.17, 15) is 0 Å². The highest BCUT2D eigenvalue weighted by molar-refractivity contribution is 7.80. The maximum absolute atomic E-state index is 5.87. The molecule has 0 aliphatic carbocycles. The third kappa shape index (κ3) is 5.64. The maximum atomic E-state index is 5.87. The fourth-order valence-electron chi connectivity index (χ4n) is 1.67. The van der Waals surface area contributed by atoms with Crippen molar-refractivity contribution in [3.63, 3.8) is 0 Å². The van der Waals surface area contributed by atoms with Gasteiger partial charge in [0, 0.05) is 13.1 Å². The molecular formula is C12H24N2OS. The summed E-state index contributed by atoms with van der Waals surface area (Å²) in [7, 11) is 0. The molecule has 0 aromatic rings. The van der Waals surface area contributed by atoms with Crippen LogP contribution in [0.15, 0.2) is 4.99 Å². The van der Waals surface area contributed by atoms with Gasteiger partial charge in [0.05, 0.1) is 0 Å². The smallest absolute Gasteiger partial charge is 0.284 e. The maximum Gasteiger partial charge on any atom is 0.284 e. The monoisotopic (exact) mass is 244 g/mol. The number of thiol groups is 1. The largest absolute Gasteiger partial charge is 0.462 e. The van der Waals surface area contributed by atoms with Crippen molar-refractivity contribution in [2.75, 3.05) is 18.8 Å². The van der Waals surface area contributed by atoms with Crippen molar-refractivity contribution in [1.29, 1.82) is 0 Å². The third-order valence-electron chi connectivity index (χ3n) is 2.66. The number of nitrogens with one attached hydrogen (secondary N) is 1. The highest BCUT2D eigenvalue weighted by atomic mass is 32.1. The summed E-state index contributed by atoms with van der Waals surface area (Å²) < 4.78 is 5.87. The molecule has 0 aromatic heterocycles. The van der Waals surface area contributed by atoms with Crippen molar-refractivity contribution < 1.29 is 4.74 Å². The first-order valence-electron chi connectivity index (χ1n) is 6.28. The van der Waals surface area contributed by atoms with Crippen LogP contribution >= 0.6 is 12.6 Å². The molecule has 0 fully saturated rings. The summed E-state index contributed by atoms with van der Waals surface area (Å²) in [6.07, 6.45) is 4.67. The van der Waals surface area contributed by atoms with Crippen molar-refractivity contribution in [2.24, 2.45) is 10.9 Å². The van der Waals surface area contributed by atoms with Crippen LogP contribution < -0.4 is 5.32 Å². The van der Waals surface area contributed by atoms with Gasteiger partial charge in [0.25, 0.3) is 6.02 Å². The van der Waals surface area contributed by atoms with E-state index in [0.717, 1.165) is 50.0 Å². The summed E-state index contributed by atoms with van der Waals surface area (Å²) >= 11 is 4.28. The van der Waals surface area contributed by atoms with Crippen LogP contribution in [-0.4, -0.2) is 31.0 Å². The molecule has 0 aromatic carbocycles. The first-order chi connectivity index (χ1) is 7.72. The van der Waals surface area contributed by atoms with Gasteiger partial charge < -0.3 is 10.1 Å². The molecule has 0 amide bonds. The Kier molecular flexibility index (Phi) is 6.69. The molecule has 0 saturated heterocycles. The molecule has 1 aliphatic heterocycles. The molecule has 0 saturated carbocycles. The van der Waals surface area contributed by atoms with Crippen molar-refractivity contribution in [3.8, 4) is 0 Å². The molecule has 1 atom stereocenters. The number of hydrogen-bond donors (Lipinski definition) is 2. The van der Waals surface area contributed by atoms with Gasteiger partial charge in [-0.25, -0.2) is 4.99 Å². The number of amidine groups is 1. The Morgan fingerprint density at radius 3 is 2.75 bits per heavy atom. The van der Waals surface area contributed by atoms with Gasteiger partial charge in [-0.05, 0) is 37.4 Å². The summed E-state index contributed by atoms with van der Waals surface area (Å²) in [5.41, 5.74) is 0. The molecule has 3 nitrogen and oxygen atoms in total. The lowest BCUT2D eigenvalue weighted by atomic mass is 10.0. The Labute approximate surface area is 104 Å². The standard InChI is InChI=1S/C12H24N2OS/c1-10(2)4-5-11(6-9-16)15-12-13-7-3-8-14-12/h10-11,16H,3-9H2,1-2H3,(H,13,14). The molecule has 1 N–H and O–H groups in total. The van der Waals surface area contributed by atoms with Crippen LogP contribution in [0.25, 0.3) is 0 Å². The summed E-state index contributed by atoms with van der Waals surface area (Å²) in [5, 5.41) is 3.20.